The predicted octanol–water partition coefficient (Wildman–Crippen LogP) is 3.91. The van der Waals surface area contributed by atoms with Gasteiger partial charge in [0.2, 0.25) is 0 Å². The lowest BCUT2D eigenvalue weighted by Crippen LogP contribution is -2.44. The Morgan fingerprint density at radius 1 is 1.06 bits per heavy atom. The number of halogens is 1. The van der Waals surface area contributed by atoms with Crippen LogP contribution in [0.15, 0.2) is 36.4 Å². The lowest BCUT2D eigenvalue weighted by molar-refractivity contribution is 0.313. The van der Waals surface area contributed by atoms with Crippen molar-refractivity contribution in [3.63, 3.8) is 0 Å². The average molecular weight is 459 g/mol. The lowest BCUT2D eigenvalue weighted by Gasteiger charge is -2.34. The van der Waals surface area contributed by atoms with Crippen LogP contribution in [0.25, 0.3) is 23.0 Å². The van der Waals surface area contributed by atoms with Gasteiger partial charge in [0.25, 0.3) is 0 Å². The first-order valence-corrected chi connectivity index (χ1v) is 12.2. The molecule has 0 bridgehead atoms. The van der Waals surface area contributed by atoms with Crippen molar-refractivity contribution in [2.45, 2.75) is 31.8 Å². The second-order valence-electron chi connectivity index (χ2n) is 9.70. The molecule has 1 unspecified atom stereocenters. The molecule has 3 heterocycles. The number of likely N-dealkylation sites (N-methyl/N-ethyl adjacent to an activating group) is 1. The third-order valence-electron chi connectivity index (χ3n) is 7.55. The van der Waals surface area contributed by atoms with Crippen molar-refractivity contribution in [2.75, 3.05) is 38.1 Å². The summed E-state index contributed by atoms with van der Waals surface area (Å²) >= 11 is 0. The summed E-state index contributed by atoms with van der Waals surface area (Å²) in [5, 5.41) is 11.2. The van der Waals surface area contributed by atoms with Gasteiger partial charge in [0.15, 0.2) is 0 Å². The van der Waals surface area contributed by atoms with Crippen LogP contribution in [-0.2, 0) is 13.0 Å². The molecule has 6 rings (SSSR count). The first-order chi connectivity index (χ1) is 16.6. The summed E-state index contributed by atoms with van der Waals surface area (Å²) < 4.78 is 15.1. The number of aromatic nitrogens is 2. The minimum Gasteiger partial charge on any atom is -0.379 e. The summed E-state index contributed by atoms with van der Waals surface area (Å²) in [6.07, 6.45) is 4.84. The summed E-state index contributed by atoms with van der Waals surface area (Å²) in [5.41, 5.74) is 15.2. The summed E-state index contributed by atoms with van der Waals surface area (Å²) in [6.45, 7) is 4.84. The average Bonchev–Trinajstić information content (AvgIpc) is 3.28. The van der Waals surface area contributed by atoms with Crippen LogP contribution in [0.5, 0.6) is 0 Å². The minimum atomic E-state index is -0.198. The highest BCUT2D eigenvalue weighted by Crippen LogP contribution is 2.37. The molecular weight excluding hydrogens is 427 g/mol. The summed E-state index contributed by atoms with van der Waals surface area (Å²) in [6, 6.07) is 12.0. The molecule has 2 aromatic carbocycles. The molecule has 3 aliphatic rings. The Morgan fingerprint density at radius 2 is 1.85 bits per heavy atom. The minimum absolute atomic E-state index is 0.0221. The number of hydrogen-bond acceptors (Lipinski definition) is 5. The highest BCUT2D eigenvalue weighted by atomic mass is 19.1. The van der Waals surface area contributed by atoms with Gasteiger partial charge < -0.3 is 20.9 Å². The molecule has 0 spiro atoms. The fourth-order valence-corrected chi connectivity index (χ4v) is 5.53. The molecule has 0 amide bonds. The van der Waals surface area contributed by atoms with Gasteiger partial charge in [0, 0.05) is 60.3 Å². The van der Waals surface area contributed by atoms with Gasteiger partial charge in [-0.2, -0.15) is 5.10 Å². The van der Waals surface area contributed by atoms with E-state index in [4.69, 9.17) is 5.73 Å². The number of nitrogens with zero attached hydrogens (tertiary/aromatic N) is 3. The number of nitrogens with two attached hydrogens (primary N) is 1. The van der Waals surface area contributed by atoms with Crippen LogP contribution >= 0.6 is 0 Å². The van der Waals surface area contributed by atoms with Crippen LogP contribution in [0.2, 0.25) is 0 Å². The molecule has 1 saturated heterocycles. The van der Waals surface area contributed by atoms with E-state index in [1.807, 2.05) is 12.1 Å². The van der Waals surface area contributed by atoms with Gasteiger partial charge in [-0.25, -0.2) is 4.39 Å². The highest BCUT2D eigenvalue weighted by Gasteiger charge is 2.26. The molecule has 0 saturated carbocycles. The van der Waals surface area contributed by atoms with Crippen LogP contribution < -0.4 is 16.0 Å². The Morgan fingerprint density at radius 3 is 2.65 bits per heavy atom. The topological polar surface area (TPSA) is 73.2 Å². The maximum Gasteiger partial charge on any atom is 0.132 e. The number of fused-ring (bicyclic) bond motifs is 2. The number of nitrogens with one attached hydrogen (secondary N) is 2. The summed E-state index contributed by atoms with van der Waals surface area (Å²) in [5.74, 6) is -0.198. The summed E-state index contributed by atoms with van der Waals surface area (Å²) in [7, 11) is 2.17. The Labute approximate surface area is 199 Å². The van der Waals surface area contributed by atoms with E-state index in [1.165, 1.54) is 5.69 Å². The molecule has 4 N–H and O–H groups in total. The fraction of sp³-hybridized carbons (Fsp3) is 0.370. The standard InChI is InChI=1S/C27H31FN6/c1-33-11-13-34(14-12-33)18-7-5-17(6-8-18)27-21-15-24(30-16-25(21)31-32-27)26-20-3-2-4-23(29)19(20)9-10-22(26)28/h5-10,15,23,30H,2-4,11-14,16,29H2,1H3,(H,31,32). The van der Waals surface area contributed by atoms with Crippen LogP contribution in [-0.4, -0.2) is 48.3 Å². The molecule has 7 heteroatoms. The van der Waals surface area contributed by atoms with E-state index in [0.29, 0.717) is 12.1 Å². The third-order valence-corrected chi connectivity index (χ3v) is 7.55. The Kier molecular flexibility index (Phi) is 5.38. The molecule has 1 aromatic heterocycles. The second-order valence-corrected chi connectivity index (χ2v) is 9.70. The third kappa shape index (κ3) is 3.69. The quantitative estimate of drug-likeness (QED) is 0.555. The maximum absolute atomic E-state index is 15.1. The van der Waals surface area contributed by atoms with E-state index >= 15 is 4.39 Å². The fourth-order valence-electron chi connectivity index (χ4n) is 5.53. The number of hydrogen-bond donors (Lipinski definition) is 3. The van der Waals surface area contributed by atoms with E-state index in [-0.39, 0.29) is 11.9 Å². The Balaban J connectivity index is 1.34. The second kappa shape index (κ2) is 8.56. The van der Waals surface area contributed by atoms with Crippen LogP contribution in [0.4, 0.5) is 10.1 Å². The van der Waals surface area contributed by atoms with Gasteiger partial charge in [-0.1, -0.05) is 18.2 Å². The van der Waals surface area contributed by atoms with Crippen LogP contribution in [0.1, 0.15) is 46.8 Å². The van der Waals surface area contributed by atoms with Gasteiger partial charge >= 0.3 is 0 Å². The first-order valence-electron chi connectivity index (χ1n) is 12.2. The molecule has 1 fully saturated rings. The van der Waals surface area contributed by atoms with E-state index < -0.39 is 0 Å². The largest absolute Gasteiger partial charge is 0.379 e. The van der Waals surface area contributed by atoms with E-state index in [0.717, 1.165) is 84.8 Å². The zero-order valence-corrected chi connectivity index (χ0v) is 19.6. The van der Waals surface area contributed by atoms with Crippen molar-refractivity contribution in [1.82, 2.24) is 20.4 Å². The zero-order valence-electron chi connectivity index (χ0n) is 19.6. The number of piperazine rings is 1. The smallest absolute Gasteiger partial charge is 0.132 e. The number of aromatic amines is 1. The van der Waals surface area contributed by atoms with Gasteiger partial charge in [-0.15, -0.1) is 0 Å². The normalized spacial score (nSPS) is 20.4. The Hall–Kier alpha value is -3.16. The van der Waals surface area contributed by atoms with Crippen molar-refractivity contribution in [1.29, 1.82) is 0 Å². The van der Waals surface area contributed by atoms with Crippen molar-refractivity contribution in [2.24, 2.45) is 5.73 Å². The van der Waals surface area contributed by atoms with E-state index in [9.17, 15) is 0 Å². The molecular formula is C27H31FN6. The SMILES string of the molecule is CN1CCN(c2ccc(-c3n[nH]c4c3C=C(c3c(F)ccc5c3CCCC5N)NC4)cc2)CC1. The predicted molar refractivity (Wildman–Crippen MR) is 135 cm³/mol. The molecule has 176 valence electrons. The van der Waals surface area contributed by atoms with Crippen molar-refractivity contribution >= 4 is 17.5 Å². The molecule has 3 aromatic rings. The van der Waals surface area contributed by atoms with E-state index in [1.54, 1.807) is 6.07 Å². The van der Waals surface area contributed by atoms with Crippen LogP contribution in [0, 0.1) is 5.82 Å². The lowest BCUT2D eigenvalue weighted by atomic mass is 9.83. The molecule has 34 heavy (non-hydrogen) atoms. The monoisotopic (exact) mass is 458 g/mol. The number of H-pyrrole nitrogens is 1. The van der Waals surface area contributed by atoms with Crippen molar-refractivity contribution < 1.29 is 4.39 Å². The van der Waals surface area contributed by atoms with E-state index in [2.05, 4.69) is 56.6 Å². The number of rotatable bonds is 3. The molecule has 2 aliphatic heterocycles. The van der Waals surface area contributed by atoms with Gasteiger partial charge in [0.1, 0.15) is 5.82 Å². The molecule has 0 radical (unpaired) electrons. The van der Waals surface area contributed by atoms with Gasteiger partial charge in [-0.05, 0) is 61.7 Å². The molecule has 1 aliphatic carbocycles. The maximum atomic E-state index is 15.1. The van der Waals surface area contributed by atoms with Crippen molar-refractivity contribution in [3.8, 4) is 11.3 Å². The number of anilines is 1. The van der Waals surface area contributed by atoms with Gasteiger partial charge in [-0.3, -0.25) is 5.10 Å². The zero-order chi connectivity index (χ0) is 23.2. The van der Waals surface area contributed by atoms with Crippen LogP contribution in [0.3, 0.4) is 0 Å². The molecule has 6 nitrogen and oxygen atoms in total. The van der Waals surface area contributed by atoms with Gasteiger partial charge in [0.05, 0.1) is 17.9 Å². The van der Waals surface area contributed by atoms with Crippen molar-refractivity contribution in [3.05, 3.63) is 70.2 Å². The first kappa shape index (κ1) is 21.4. The Bertz CT molecular complexity index is 1240. The highest BCUT2D eigenvalue weighted by molar-refractivity contribution is 5.89. The molecule has 1 atom stereocenters. The number of benzene rings is 2. The summed E-state index contributed by atoms with van der Waals surface area (Å²) in [4.78, 5) is 4.79.